The number of aromatic nitrogens is 4. The topological polar surface area (TPSA) is 169 Å². The fraction of sp³-hybridized carbons (Fsp3) is 0.324. The third-order valence-electron chi connectivity index (χ3n) is 8.95. The summed E-state index contributed by atoms with van der Waals surface area (Å²) in [6.45, 7) is 13.7. The van der Waals surface area contributed by atoms with Gasteiger partial charge < -0.3 is 25.3 Å². The van der Waals surface area contributed by atoms with Crippen molar-refractivity contribution in [1.82, 2.24) is 19.9 Å². The van der Waals surface area contributed by atoms with E-state index in [2.05, 4.69) is 16.5 Å². The Balaban J connectivity index is 0.00000461. The molecule has 11 heteroatoms. The van der Waals surface area contributed by atoms with Gasteiger partial charge in [-0.05, 0) is 74.1 Å². The van der Waals surface area contributed by atoms with Gasteiger partial charge in [-0.25, -0.2) is 9.78 Å². The van der Waals surface area contributed by atoms with Crippen molar-refractivity contribution in [1.29, 1.82) is 0 Å². The maximum atomic E-state index is 12.7. The van der Waals surface area contributed by atoms with Gasteiger partial charge in [0.05, 0.1) is 34.6 Å². The predicted molar refractivity (Wildman–Crippen MR) is 175 cm³/mol. The molecule has 10 nitrogen and oxygen atoms in total. The Bertz CT molecular complexity index is 1950. The van der Waals surface area contributed by atoms with Crippen molar-refractivity contribution in [2.24, 2.45) is 0 Å². The predicted octanol–water partition coefficient (Wildman–Crippen LogP) is 6.31. The number of rotatable bonds is 8. The molecule has 2 aliphatic rings. The summed E-state index contributed by atoms with van der Waals surface area (Å²) in [5.41, 5.74) is 9.27. The average molecular weight is 804 g/mol. The molecule has 0 unspecified atom stereocenters. The first-order valence-electron chi connectivity index (χ1n) is 14.6. The fourth-order valence-electron chi connectivity index (χ4n) is 6.53. The van der Waals surface area contributed by atoms with Crippen LogP contribution in [0.4, 0.5) is 0 Å². The zero-order valence-electron chi connectivity index (χ0n) is 26.0. The Labute approximate surface area is 280 Å². The molecule has 5 N–H and O–H groups in total. The van der Waals surface area contributed by atoms with Gasteiger partial charge in [-0.3, -0.25) is 14.6 Å². The van der Waals surface area contributed by atoms with Crippen LogP contribution in [0.25, 0.3) is 33.2 Å². The molecule has 3 aromatic heterocycles. The number of hydrogen-bond acceptors (Lipinski definition) is 5. The molecule has 0 spiro atoms. The van der Waals surface area contributed by atoms with Gasteiger partial charge in [0.25, 0.3) is 0 Å². The zero-order chi connectivity index (χ0) is 32.0. The molecule has 2 aliphatic heterocycles. The maximum absolute atomic E-state index is 12.7. The molecule has 0 aliphatic carbocycles. The fourth-order valence-corrected chi connectivity index (χ4v) is 6.53. The summed E-state index contributed by atoms with van der Waals surface area (Å²) in [5, 5.41) is 29.9. The molecule has 5 heterocycles. The minimum atomic E-state index is -1.20. The van der Waals surface area contributed by atoms with Crippen molar-refractivity contribution >= 4 is 78.4 Å². The molecule has 4 radical (unpaired) electrons. The smallest absolute Gasteiger partial charge is 0.338 e. The normalized spacial score (nSPS) is 15.9. The molecule has 2 atom stereocenters. The summed E-state index contributed by atoms with van der Waals surface area (Å²) in [6.07, 6.45) is 2.04. The van der Waals surface area contributed by atoms with Gasteiger partial charge in [0, 0.05) is 78.9 Å². The van der Waals surface area contributed by atoms with Crippen LogP contribution in [0.5, 0.6) is 0 Å². The Kier molecular flexibility index (Phi) is 9.86. The van der Waals surface area contributed by atoms with Crippen LogP contribution < -0.4 is 0 Å². The average Bonchev–Trinajstić information content (AvgIpc) is 3.63. The molecule has 5 rings (SSSR count). The molecular weight excluding hydrogens is 768 g/mol. The number of fused-ring (bicyclic) bond motifs is 8. The second-order valence-electron chi connectivity index (χ2n) is 11.5. The van der Waals surface area contributed by atoms with Crippen LogP contribution in [0, 0.1) is 13.8 Å². The number of carboxylic acids is 3. The van der Waals surface area contributed by atoms with Gasteiger partial charge in [0.2, 0.25) is 0 Å². The number of aliphatic carboxylic acids is 2. The third-order valence-corrected chi connectivity index (χ3v) is 8.95. The van der Waals surface area contributed by atoms with Gasteiger partial charge in [-0.1, -0.05) is 26.5 Å². The molecule has 232 valence electrons. The van der Waals surface area contributed by atoms with E-state index in [9.17, 15) is 29.7 Å². The number of H-pyrrole nitrogens is 2. The number of aryl methyl sites for hydroxylation is 3. The standard InChI is InChI=1S/C34H36N4O6.Pb/c1-7-19-15(3)23-12-25-17(5)21(9-10-29(39)40)32(37-25)22(11-30(41)42)33-31(34(43)44)18(6)26(38-33)14-28-20(8-2)16(4)24(36-28)13-27(19)35-23;/h7,12-14,17,21,36,38H,1,8-11H2,2-6H3,(H,39,40)(H,41,42)(H,43,44);/t17-,21-;/m0./s1. The number of aromatic amines is 2. The zero-order valence-corrected chi connectivity index (χ0v) is 29.8. The van der Waals surface area contributed by atoms with Crippen LogP contribution in [0.1, 0.15) is 101 Å². The Morgan fingerprint density at radius 3 is 2.20 bits per heavy atom. The summed E-state index contributed by atoms with van der Waals surface area (Å²) < 4.78 is 0. The van der Waals surface area contributed by atoms with Crippen LogP contribution >= 0.6 is 0 Å². The monoisotopic (exact) mass is 804 g/mol. The molecule has 3 aromatic rings. The molecule has 0 fully saturated rings. The van der Waals surface area contributed by atoms with Crippen LogP contribution in [0.15, 0.2) is 30.9 Å². The van der Waals surface area contributed by atoms with E-state index in [1.807, 2.05) is 45.9 Å². The Hall–Kier alpha value is -4.07. The van der Waals surface area contributed by atoms with Gasteiger partial charge in [0.1, 0.15) is 0 Å². The van der Waals surface area contributed by atoms with Gasteiger partial charge in [-0.2, -0.15) is 0 Å². The van der Waals surface area contributed by atoms with Crippen molar-refractivity contribution in [3.63, 3.8) is 0 Å². The summed E-state index contributed by atoms with van der Waals surface area (Å²) in [4.78, 5) is 53.2. The second kappa shape index (κ2) is 13.1. The van der Waals surface area contributed by atoms with Crippen molar-refractivity contribution in [3.8, 4) is 0 Å². The van der Waals surface area contributed by atoms with Gasteiger partial charge in [0.15, 0.2) is 0 Å². The molecule has 0 aromatic carbocycles. The van der Waals surface area contributed by atoms with E-state index < -0.39 is 30.2 Å². The number of hydrogen-bond donors (Lipinski definition) is 5. The van der Waals surface area contributed by atoms with Crippen molar-refractivity contribution in [3.05, 3.63) is 81.4 Å². The number of aromatic carboxylic acids is 1. The maximum Gasteiger partial charge on any atom is 0.338 e. The van der Waals surface area contributed by atoms with Gasteiger partial charge >= 0.3 is 17.9 Å². The first kappa shape index (κ1) is 33.8. The molecular formula is C34H36N4O6Pb. The van der Waals surface area contributed by atoms with Crippen LogP contribution in [-0.2, 0) is 22.4 Å². The van der Waals surface area contributed by atoms with E-state index in [0.717, 1.165) is 45.4 Å². The molecule has 0 amide bonds. The first-order valence-corrected chi connectivity index (χ1v) is 14.6. The minimum Gasteiger partial charge on any atom is -0.481 e. The molecule has 0 saturated carbocycles. The van der Waals surface area contributed by atoms with E-state index in [0.29, 0.717) is 28.2 Å². The number of carboxylic acid groups (broad SMARTS) is 3. The summed E-state index contributed by atoms with van der Waals surface area (Å²) in [7, 11) is 0. The second-order valence-corrected chi connectivity index (χ2v) is 11.5. The summed E-state index contributed by atoms with van der Waals surface area (Å²) >= 11 is 0. The largest absolute Gasteiger partial charge is 0.481 e. The van der Waals surface area contributed by atoms with E-state index in [1.54, 1.807) is 13.0 Å². The van der Waals surface area contributed by atoms with Crippen LogP contribution in [-0.4, -0.2) is 80.5 Å². The van der Waals surface area contributed by atoms with E-state index >= 15 is 0 Å². The van der Waals surface area contributed by atoms with E-state index in [4.69, 9.17) is 9.97 Å². The molecule has 8 bridgehead atoms. The minimum absolute atomic E-state index is 0. The summed E-state index contributed by atoms with van der Waals surface area (Å²) in [5.74, 6) is -4.08. The quantitative estimate of drug-likeness (QED) is 0.165. The Morgan fingerprint density at radius 2 is 1.60 bits per heavy atom. The van der Waals surface area contributed by atoms with Crippen LogP contribution in [0.3, 0.4) is 0 Å². The number of nitrogens with zero attached hydrogens (tertiary/aromatic N) is 2. The van der Waals surface area contributed by atoms with Gasteiger partial charge in [-0.15, -0.1) is 0 Å². The van der Waals surface area contributed by atoms with Crippen molar-refractivity contribution in [2.75, 3.05) is 0 Å². The number of carbonyl (C=O) groups is 3. The summed E-state index contributed by atoms with van der Waals surface area (Å²) in [6, 6.07) is 5.70. The molecule has 45 heavy (non-hydrogen) atoms. The van der Waals surface area contributed by atoms with E-state index in [1.165, 1.54) is 0 Å². The van der Waals surface area contributed by atoms with Crippen molar-refractivity contribution in [2.45, 2.75) is 72.1 Å². The van der Waals surface area contributed by atoms with E-state index in [-0.39, 0.29) is 62.7 Å². The van der Waals surface area contributed by atoms with Crippen LogP contribution in [0.2, 0.25) is 0 Å². The number of allylic oxidation sites excluding steroid dienone is 3. The SMILES string of the molecule is C=CC1=C(C)c2cc3nc(c(CC(=O)O)c4[nH]c(cc5[nH]c(cc1n2)c(C)c5CC)c(C)c4C(=O)O)[C@@H](CCC(=O)O)[C@@H]3C.[Pb]. The third kappa shape index (κ3) is 6.12. The molecule has 0 saturated heterocycles. The first-order chi connectivity index (χ1) is 20.9. The Morgan fingerprint density at radius 1 is 0.911 bits per heavy atom. The van der Waals surface area contributed by atoms with Crippen molar-refractivity contribution < 1.29 is 29.7 Å². The number of nitrogens with one attached hydrogen (secondary N) is 2.